The van der Waals surface area contributed by atoms with Gasteiger partial charge in [0.15, 0.2) is 6.61 Å². The fraction of sp³-hybridized carbons (Fsp3) is 0.105. The maximum atomic E-state index is 12.2. The van der Waals surface area contributed by atoms with Crippen molar-refractivity contribution in [3.8, 4) is 5.69 Å². The number of ether oxygens (including phenoxy) is 1. The van der Waals surface area contributed by atoms with Gasteiger partial charge in [0.1, 0.15) is 11.4 Å². The molecule has 0 unspecified atom stereocenters. The Kier molecular flexibility index (Phi) is 5.45. The van der Waals surface area contributed by atoms with Gasteiger partial charge in [0, 0.05) is 12.1 Å². The van der Waals surface area contributed by atoms with Crippen LogP contribution < -0.4 is 5.32 Å². The van der Waals surface area contributed by atoms with E-state index < -0.39 is 23.4 Å². The molecule has 0 aliphatic rings. The van der Waals surface area contributed by atoms with Gasteiger partial charge in [0.05, 0.1) is 16.3 Å². The van der Waals surface area contributed by atoms with E-state index in [4.69, 9.17) is 4.74 Å². The Morgan fingerprint density at radius 3 is 2.54 bits per heavy atom. The number of aryl methyl sites for hydroxylation is 1. The number of nitrogens with one attached hydrogen (secondary N) is 1. The third kappa shape index (κ3) is 4.21. The topological polar surface area (TPSA) is 116 Å². The molecule has 0 atom stereocenters. The second kappa shape index (κ2) is 8.12. The molecule has 1 N–H and O–H groups in total. The summed E-state index contributed by atoms with van der Waals surface area (Å²) < 4.78 is 6.47. The van der Waals surface area contributed by atoms with E-state index in [1.165, 1.54) is 24.3 Å². The summed E-state index contributed by atoms with van der Waals surface area (Å²) >= 11 is 0. The number of aromatic nitrogens is 2. The van der Waals surface area contributed by atoms with Crippen molar-refractivity contribution in [2.75, 3.05) is 11.9 Å². The number of nitrogens with zero attached hydrogens (tertiary/aromatic N) is 3. The van der Waals surface area contributed by atoms with Gasteiger partial charge >= 0.3 is 5.97 Å². The van der Waals surface area contributed by atoms with Crippen LogP contribution in [0.5, 0.6) is 0 Å². The first-order chi connectivity index (χ1) is 13.5. The predicted molar refractivity (Wildman–Crippen MR) is 100 cm³/mol. The number of hydrogen-bond acceptors (Lipinski definition) is 6. The van der Waals surface area contributed by atoms with Gasteiger partial charge in [0.25, 0.3) is 11.6 Å². The van der Waals surface area contributed by atoms with Crippen LogP contribution in [0.3, 0.4) is 0 Å². The SMILES string of the molecule is Cc1cc(NC(=O)COC(=O)c2ccccc2[N+](=O)[O-])n(-c2ccccc2)n1. The molecule has 0 fully saturated rings. The predicted octanol–water partition coefficient (Wildman–Crippen LogP) is 2.88. The molecule has 0 aliphatic carbocycles. The molecule has 0 radical (unpaired) electrons. The average molecular weight is 380 g/mol. The molecule has 9 nitrogen and oxygen atoms in total. The third-order valence-corrected chi connectivity index (χ3v) is 3.75. The van der Waals surface area contributed by atoms with Crippen LogP contribution >= 0.6 is 0 Å². The Morgan fingerprint density at radius 1 is 1.14 bits per heavy atom. The van der Waals surface area contributed by atoms with Crippen LogP contribution in [-0.2, 0) is 9.53 Å². The highest BCUT2D eigenvalue weighted by molar-refractivity contribution is 5.97. The normalized spacial score (nSPS) is 10.3. The average Bonchev–Trinajstić information content (AvgIpc) is 3.06. The summed E-state index contributed by atoms with van der Waals surface area (Å²) in [6, 6.07) is 16.3. The van der Waals surface area contributed by atoms with Crippen LogP contribution in [0.25, 0.3) is 5.69 Å². The number of carbonyl (C=O) groups is 2. The first kappa shape index (κ1) is 18.8. The Bertz CT molecular complexity index is 1030. The lowest BCUT2D eigenvalue weighted by Gasteiger charge is -2.09. The number of hydrogen-bond donors (Lipinski definition) is 1. The molecule has 1 amide bonds. The van der Waals surface area contributed by atoms with Gasteiger partial charge < -0.3 is 10.1 Å². The van der Waals surface area contributed by atoms with Crippen molar-refractivity contribution in [2.45, 2.75) is 6.92 Å². The summed E-state index contributed by atoms with van der Waals surface area (Å²) in [4.78, 5) is 34.6. The Labute approximate surface area is 159 Å². The zero-order valence-electron chi connectivity index (χ0n) is 14.9. The van der Waals surface area contributed by atoms with E-state index in [0.29, 0.717) is 11.5 Å². The molecule has 2 aromatic carbocycles. The number of carbonyl (C=O) groups excluding carboxylic acids is 2. The first-order valence-electron chi connectivity index (χ1n) is 8.28. The number of para-hydroxylation sites is 2. The summed E-state index contributed by atoms with van der Waals surface area (Å²) in [7, 11) is 0. The highest BCUT2D eigenvalue weighted by atomic mass is 16.6. The van der Waals surface area contributed by atoms with Gasteiger partial charge in [0.2, 0.25) is 0 Å². The second-order valence-electron chi connectivity index (χ2n) is 5.82. The molecular weight excluding hydrogens is 364 g/mol. The largest absolute Gasteiger partial charge is 0.452 e. The first-order valence-corrected chi connectivity index (χ1v) is 8.28. The number of nitro groups is 1. The summed E-state index contributed by atoms with van der Waals surface area (Å²) in [6.45, 7) is 1.19. The molecule has 9 heteroatoms. The minimum Gasteiger partial charge on any atom is -0.452 e. The van der Waals surface area contributed by atoms with Crippen LogP contribution in [0.4, 0.5) is 11.5 Å². The summed E-state index contributed by atoms with van der Waals surface area (Å²) in [5.74, 6) is -1.13. The number of nitro benzene ring substituents is 1. The summed E-state index contributed by atoms with van der Waals surface area (Å²) in [5, 5.41) is 17.9. The maximum absolute atomic E-state index is 12.2. The van der Waals surface area contributed by atoms with E-state index in [9.17, 15) is 19.7 Å². The summed E-state index contributed by atoms with van der Waals surface area (Å²) in [6.07, 6.45) is 0. The number of esters is 1. The van der Waals surface area contributed by atoms with Crippen molar-refractivity contribution in [1.82, 2.24) is 9.78 Å². The van der Waals surface area contributed by atoms with Crippen LogP contribution in [0, 0.1) is 17.0 Å². The Balaban J connectivity index is 1.68. The lowest BCUT2D eigenvalue weighted by atomic mass is 10.2. The van der Waals surface area contributed by atoms with Gasteiger partial charge in [-0.15, -0.1) is 0 Å². The molecule has 142 valence electrons. The Morgan fingerprint density at radius 2 is 1.82 bits per heavy atom. The third-order valence-electron chi connectivity index (χ3n) is 3.75. The number of benzene rings is 2. The quantitative estimate of drug-likeness (QED) is 0.399. The molecule has 1 aromatic heterocycles. The van der Waals surface area contributed by atoms with Crippen LogP contribution in [0.2, 0.25) is 0 Å². The van der Waals surface area contributed by atoms with Crippen molar-refractivity contribution in [1.29, 1.82) is 0 Å². The second-order valence-corrected chi connectivity index (χ2v) is 5.82. The molecule has 28 heavy (non-hydrogen) atoms. The molecular formula is C19H16N4O5. The van der Waals surface area contributed by atoms with Crippen LogP contribution in [0.15, 0.2) is 60.7 Å². The number of amides is 1. The molecule has 1 heterocycles. The molecule has 0 saturated carbocycles. The monoisotopic (exact) mass is 380 g/mol. The fourth-order valence-corrected chi connectivity index (χ4v) is 2.55. The number of anilines is 1. The highest BCUT2D eigenvalue weighted by Crippen LogP contribution is 2.19. The van der Waals surface area contributed by atoms with Crippen molar-refractivity contribution >= 4 is 23.4 Å². The zero-order chi connectivity index (χ0) is 20.1. The smallest absolute Gasteiger partial charge is 0.345 e. The molecule has 0 bridgehead atoms. The minimum absolute atomic E-state index is 0.217. The van der Waals surface area contributed by atoms with Crippen LogP contribution in [-0.4, -0.2) is 33.2 Å². The molecule has 3 aromatic rings. The van der Waals surface area contributed by atoms with E-state index >= 15 is 0 Å². The van der Waals surface area contributed by atoms with E-state index in [0.717, 1.165) is 5.69 Å². The number of rotatable bonds is 6. The minimum atomic E-state index is -0.949. The summed E-state index contributed by atoms with van der Waals surface area (Å²) in [5.41, 5.74) is 0.843. The van der Waals surface area contributed by atoms with Gasteiger partial charge in [-0.3, -0.25) is 14.9 Å². The van der Waals surface area contributed by atoms with Gasteiger partial charge in [-0.2, -0.15) is 5.10 Å². The van der Waals surface area contributed by atoms with E-state index in [2.05, 4.69) is 10.4 Å². The maximum Gasteiger partial charge on any atom is 0.345 e. The van der Waals surface area contributed by atoms with Crippen molar-refractivity contribution in [3.05, 3.63) is 82.0 Å². The van der Waals surface area contributed by atoms with E-state index in [-0.39, 0.29) is 11.3 Å². The lowest BCUT2D eigenvalue weighted by molar-refractivity contribution is -0.385. The highest BCUT2D eigenvalue weighted by Gasteiger charge is 2.21. The van der Waals surface area contributed by atoms with Gasteiger partial charge in [-0.05, 0) is 25.1 Å². The van der Waals surface area contributed by atoms with Crippen molar-refractivity contribution < 1.29 is 19.2 Å². The van der Waals surface area contributed by atoms with Crippen LogP contribution in [0.1, 0.15) is 16.1 Å². The van der Waals surface area contributed by atoms with E-state index in [1.807, 2.05) is 30.3 Å². The van der Waals surface area contributed by atoms with Gasteiger partial charge in [-0.25, -0.2) is 9.48 Å². The standard InChI is InChI=1S/C19H16N4O5/c1-13-11-17(22(21-13)14-7-3-2-4-8-14)20-18(24)12-28-19(25)15-9-5-6-10-16(15)23(26)27/h2-11H,12H2,1H3,(H,20,24). The van der Waals surface area contributed by atoms with E-state index in [1.54, 1.807) is 17.7 Å². The molecule has 0 aliphatic heterocycles. The zero-order valence-corrected chi connectivity index (χ0v) is 14.9. The lowest BCUT2D eigenvalue weighted by Crippen LogP contribution is -2.22. The van der Waals surface area contributed by atoms with Gasteiger partial charge in [-0.1, -0.05) is 30.3 Å². The molecule has 0 spiro atoms. The van der Waals surface area contributed by atoms with Crippen molar-refractivity contribution in [3.63, 3.8) is 0 Å². The molecule has 3 rings (SSSR count). The van der Waals surface area contributed by atoms with Crippen molar-refractivity contribution in [2.24, 2.45) is 0 Å². The Hall–Kier alpha value is -4.01. The fourth-order valence-electron chi connectivity index (χ4n) is 2.55. The molecule has 0 saturated heterocycles.